The number of hydrogen-bond donors (Lipinski definition) is 4. The van der Waals surface area contributed by atoms with Gasteiger partial charge in [-0.1, -0.05) is 25.5 Å². The van der Waals surface area contributed by atoms with Crippen LogP contribution in [0.1, 0.15) is 39.0 Å². The van der Waals surface area contributed by atoms with E-state index < -0.39 is 46.9 Å². The van der Waals surface area contributed by atoms with Gasteiger partial charge in [-0.15, -0.1) is 11.8 Å². The van der Waals surface area contributed by atoms with Crippen LogP contribution in [0.4, 0.5) is 0 Å². The fourth-order valence-electron chi connectivity index (χ4n) is 4.20. The van der Waals surface area contributed by atoms with Crippen molar-refractivity contribution < 1.29 is 24.3 Å². The minimum absolute atomic E-state index is 0.320. The van der Waals surface area contributed by atoms with Crippen LogP contribution in [0, 0.1) is 5.92 Å². The molecule has 8 unspecified atom stereocenters. The molecule has 2 fully saturated rings. The van der Waals surface area contributed by atoms with E-state index in [0.29, 0.717) is 18.1 Å². The van der Waals surface area contributed by atoms with Crippen LogP contribution < -0.4 is 4.72 Å². The summed E-state index contributed by atoms with van der Waals surface area (Å²) in [7, 11) is -1.23. The minimum Gasteiger partial charge on any atom is -0.388 e. The van der Waals surface area contributed by atoms with Gasteiger partial charge < -0.3 is 25.0 Å². The summed E-state index contributed by atoms with van der Waals surface area (Å²) in [6, 6.07) is -0.394. The highest BCUT2D eigenvalue weighted by atomic mass is 32.2. The highest BCUT2D eigenvalue weighted by molar-refractivity contribution is 7.99. The molecule has 0 aromatic carbocycles. The van der Waals surface area contributed by atoms with Crippen LogP contribution in [0.2, 0.25) is 0 Å². The van der Waals surface area contributed by atoms with E-state index in [0.717, 1.165) is 38.2 Å². The molecule has 3 aliphatic heterocycles. The van der Waals surface area contributed by atoms with E-state index in [1.165, 1.54) is 24.6 Å². The predicted octanol–water partition coefficient (Wildman–Crippen LogP) is 0.621. The first-order chi connectivity index (χ1) is 14.0. The molecule has 3 aliphatic rings. The van der Waals surface area contributed by atoms with Crippen LogP contribution in [0.5, 0.6) is 0 Å². The summed E-state index contributed by atoms with van der Waals surface area (Å²) < 4.78 is 21.6. The van der Waals surface area contributed by atoms with Crippen molar-refractivity contribution >= 4 is 22.7 Å². The van der Waals surface area contributed by atoms with E-state index in [9.17, 15) is 19.5 Å². The normalized spacial score (nSPS) is 41.2. The van der Waals surface area contributed by atoms with Crippen LogP contribution in [-0.2, 0) is 15.7 Å². The van der Waals surface area contributed by atoms with Crippen molar-refractivity contribution in [1.82, 2.24) is 9.62 Å². The summed E-state index contributed by atoms with van der Waals surface area (Å²) >= 11 is 1.49. The Labute approximate surface area is 180 Å². The third kappa shape index (κ3) is 6.49. The number of unbranched alkanes of at least 4 members (excludes halogenated alkanes) is 1. The number of hydrogen-bond acceptors (Lipinski definition) is 7. The number of aliphatic hydroxyl groups is 3. The van der Waals surface area contributed by atoms with Gasteiger partial charge in [0, 0.05) is 18.1 Å². The van der Waals surface area contributed by atoms with E-state index in [1.54, 1.807) is 0 Å². The standard InChI is InChI=1S/C20H36N2O5S2/c1-2-3-11-29(26)21-15-8-6-7-14(12-22-9-4-5-10-22)13-28-20-18(25)16(23)17(24)19(15)27-20/h6-7,14-21,23-25H,2-5,8-13H2,1H3/b7-6-. The molecule has 2 saturated heterocycles. The Bertz CT molecular complexity index is 561. The Hall–Kier alpha value is -0.0000000000000000971. The predicted molar refractivity (Wildman–Crippen MR) is 117 cm³/mol. The molecule has 0 saturated carbocycles. The van der Waals surface area contributed by atoms with E-state index in [1.807, 2.05) is 0 Å². The largest absolute Gasteiger partial charge is 0.388 e. The number of nitrogens with one attached hydrogen (secondary N) is 1. The summed E-state index contributed by atoms with van der Waals surface area (Å²) in [5.74, 6) is 1.64. The van der Waals surface area contributed by atoms with Gasteiger partial charge in [0.2, 0.25) is 0 Å². The van der Waals surface area contributed by atoms with Gasteiger partial charge in [0.15, 0.2) is 0 Å². The van der Waals surface area contributed by atoms with E-state index in [4.69, 9.17) is 4.74 Å². The Kier molecular flexibility index (Phi) is 9.44. The van der Waals surface area contributed by atoms with E-state index >= 15 is 0 Å². The van der Waals surface area contributed by atoms with Crippen molar-refractivity contribution in [2.24, 2.45) is 5.92 Å². The maximum absolute atomic E-state index is 12.4. The molecule has 0 spiro atoms. The number of thioether (sulfide) groups is 1. The second kappa shape index (κ2) is 11.6. The third-order valence-electron chi connectivity index (χ3n) is 5.93. The van der Waals surface area contributed by atoms with Gasteiger partial charge in [-0.05, 0) is 44.7 Å². The lowest BCUT2D eigenvalue weighted by molar-refractivity contribution is -0.203. The van der Waals surface area contributed by atoms with Crippen molar-refractivity contribution in [3.63, 3.8) is 0 Å². The lowest BCUT2D eigenvalue weighted by atomic mass is 9.93. The first-order valence-electron chi connectivity index (χ1n) is 10.8. The van der Waals surface area contributed by atoms with Crippen LogP contribution in [0.15, 0.2) is 12.2 Å². The lowest BCUT2D eigenvalue weighted by Gasteiger charge is -2.44. The molecule has 3 heterocycles. The van der Waals surface area contributed by atoms with Crippen molar-refractivity contribution in [2.45, 2.75) is 74.9 Å². The highest BCUT2D eigenvalue weighted by Crippen LogP contribution is 2.33. The summed E-state index contributed by atoms with van der Waals surface area (Å²) in [5, 5.41) is 31.4. The molecule has 168 valence electrons. The van der Waals surface area contributed by atoms with Gasteiger partial charge in [0.05, 0.1) is 17.0 Å². The number of nitrogens with zero attached hydrogens (tertiary/aromatic N) is 1. The number of aliphatic hydroxyl groups excluding tert-OH is 3. The zero-order valence-electron chi connectivity index (χ0n) is 17.2. The molecular weight excluding hydrogens is 412 g/mol. The van der Waals surface area contributed by atoms with Gasteiger partial charge in [-0.2, -0.15) is 0 Å². The quantitative estimate of drug-likeness (QED) is 0.424. The Morgan fingerprint density at radius 2 is 1.97 bits per heavy atom. The van der Waals surface area contributed by atoms with Crippen LogP contribution >= 0.6 is 11.8 Å². The van der Waals surface area contributed by atoms with Gasteiger partial charge in [-0.25, -0.2) is 8.93 Å². The summed E-state index contributed by atoms with van der Waals surface area (Å²) in [5.41, 5.74) is -0.612. The first kappa shape index (κ1) is 23.7. The molecule has 7 nitrogen and oxygen atoms in total. The van der Waals surface area contributed by atoms with Crippen molar-refractivity contribution in [2.75, 3.05) is 31.1 Å². The Balaban J connectivity index is 1.74. The molecular formula is C20H36N2O5S2. The fourth-order valence-corrected chi connectivity index (χ4v) is 6.65. The van der Waals surface area contributed by atoms with Crippen LogP contribution in [0.3, 0.4) is 0 Å². The lowest BCUT2D eigenvalue weighted by Crippen LogP contribution is -2.62. The molecule has 9 heteroatoms. The van der Waals surface area contributed by atoms with E-state index in [2.05, 4.69) is 28.7 Å². The molecule has 3 rings (SSSR count). The van der Waals surface area contributed by atoms with Crippen molar-refractivity contribution in [1.29, 1.82) is 0 Å². The number of ether oxygens (including phenoxy) is 1. The smallest absolute Gasteiger partial charge is 0.132 e. The van der Waals surface area contributed by atoms with Crippen LogP contribution in [0.25, 0.3) is 0 Å². The summed E-state index contributed by atoms with van der Waals surface area (Å²) in [6.07, 6.45) is 4.78. The number of rotatable bonds is 7. The minimum atomic E-state index is -1.28. The zero-order chi connectivity index (χ0) is 20.8. The molecule has 0 radical (unpaired) electrons. The third-order valence-corrected chi connectivity index (χ3v) is 8.50. The number of likely N-dealkylation sites (tertiary alicyclic amines) is 1. The van der Waals surface area contributed by atoms with Gasteiger partial charge in [0.25, 0.3) is 0 Å². The monoisotopic (exact) mass is 448 g/mol. The average molecular weight is 449 g/mol. The maximum atomic E-state index is 12.4. The molecule has 29 heavy (non-hydrogen) atoms. The first-order valence-corrected chi connectivity index (χ1v) is 13.2. The molecule has 8 atom stereocenters. The van der Waals surface area contributed by atoms with Crippen molar-refractivity contribution in [3.05, 3.63) is 12.2 Å². The second-order valence-corrected chi connectivity index (χ2v) is 10.8. The highest BCUT2D eigenvalue weighted by Gasteiger charge is 2.47. The van der Waals surface area contributed by atoms with Gasteiger partial charge in [-0.3, -0.25) is 0 Å². The fraction of sp³-hybridized carbons (Fsp3) is 0.900. The molecule has 4 N–H and O–H groups in total. The van der Waals surface area contributed by atoms with E-state index in [-0.39, 0.29) is 0 Å². The molecule has 0 amide bonds. The SMILES string of the molecule is CCCCS(=O)NC1C/C=C\C(CN2CCCC2)CSC2OC1C(O)C(O)C2O. The molecule has 0 aromatic heterocycles. The van der Waals surface area contributed by atoms with Gasteiger partial charge in [0.1, 0.15) is 29.9 Å². The summed E-state index contributed by atoms with van der Waals surface area (Å²) in [6.45, 7) is 5.29. The average Bonchev–Trinajstić information content (AvgIpc) is 3.22. The molecule has 2 bridgehead atoms. The Morgan fingerprint density at radius 3 is 2.69 bits per heavy atom. The zero-order valence-corrected chi connectivity index (χ0v) is 18.8. The maximum Gasteiger partial charge on any atom is 0.132 e. The van der Waals surface area contributed by atoms with Crippen LogP contribution in [-0.4, -0.2) is 91.5 Å². The van der Waals surface area contributed by atoms with Crippen molar-refractivity contribution in [3.8, 4) is 0 Å². The Morgan fingerprint density at radius 1 is 1.21 bits per heavy atom. The topological polar surface area (TPSA) is 102 Å². The second-order valence-electron chi connectivity index (χ2n) is 8.33. The number of fused-ring (bicyclic) bond motifs is 2. The summed E-state index contributed by atoms with van der Waals surface area (Å²) in [4.78, 5) is 2.47. The van der Waals surface area contributed by atoms with Gasteiger partial charge >= 0.3 is 0 Å². The molecule has 0 aromatic rings. The molecule has 0 aliphatic carbocycles.